The molecule has 0 saturated heterocycles. The number of carboxylic acid groups (broad SMARTS) is 1. The average molecular weight is 112 g/mol. The highest BCUT2D eigenvalue weighted by Gasteiger charge is 2.07. The van der Waals surface area contributed by atoms with Gasteiger partial charge in [0.25, 0.3) is 0 Å². The lowest BCUT2D eigenvalue weighted by Crippen LogP contribution is -2.11. The maximum Gasteiger partial charge on any atom is 0.355 e. The zero-order valence-electron chi connectivity index (χ0n) is 4.03. The number of aliphatic imine (C=N–C) groups is 2. The predicted molar refractivity (Wildman–Crippen MR) is 28.4 cm³/mol. The lowest BCUT2D eigenvalue weighted by Gasteiger charge is -1.80. The fraction of sp³-hybridized carbons (Fsp3) is 0.250. The Morgan fingerprint density at radius 2 is 2.62 bits per heavy atom. The van der Waals surface area contributed by atoms with Gasteiger partial charge in [-0.3, -0.25) is 9.98 Å². The number of carbonyl (C=O) groups is 1. The van der Waals surface area contributed by atoms with E-state index in [1.54, 1.807) is 0 Å². The maximum atomic E-state index is 9.98. The van der Waals surface area contributed by atoms with Crippen molar-refractivity contribution in [3.63, 3.8) is 0 Å². The van der Waals surface area contributed by atoms with Crippen LogP contribution in [0.15, 0.2) is 9.98 Å². The maximum absolute atomic E-state index is 9.98. The second kappa shape index (κ2) is 1.73. The molecule has 0 unspecified atom stereocenters. The Kier molecular flexibility index (Phi) is 1.07. The van der Waals surface area contributed by atoms with Gasteiger partial charge in [-0.1, -0.05) is 0 Å². The topological polar surface area (TPSA) is 62.0 Å². The summed E-state index contributed by atoms with van der Waals surface area (Å²) in [5, 5.41) is 8.19. The van der Waals surface area contributed by atoms with Crippen molar-refractivity contribution in [2.24, 2.45) is 9.98 Å². The second-order valence-corrected chi connectivity index (χ2v) is 1.30. The Balaban J connectivity index is 2.72. The molecule has 0 bridgehead atoms. The predicted octanol–water partition coefficient (Wildman–Crippen LogP) is -0.446. The summed E-state index contributed by atoms with van der Waals surface area (Å²) >= 11 is 0. The van der Waals surface area contributed by atoms with Crippen LogP contribution in [0, 0.1) is 0 Å². The molecule has 0 saturated carbocycles. The van der Waals surface area contributed by atoms with Crippen molar-refractivity contribution in [3.05, 3.63) is 0 Å². The molecule has 4 nitrogen and oxygen atoms in total. The molecule has 0 aromatic carbocycles. The normalized spacial score (nSPS) is 16.2. The SMILES string of the molecule is O=C(O)C1=NCN=C1. The third kappa shape index (κ3) is 0.726. The molecule has 0 aromatic rings. The van der Waals surface area contributed by atoms with Crippen molar-refractivity contribution in [2.75, 3.05) is 6.67 Å². The Morgan fingerprint density at radius 1 is 1.88 bits per heavy atom. The molecule has 0 aliphatic carbocycles. The largest absolute Gasteiger partial charge is 0.476 e. The van der Waals surface area contributed by atoms with Crippen molar-refractivity contribution >= 4 is 17.9 Å². The first kappa shape index (κ1) is 4.96. The van der Waals surface area contributed by atoms with E-state index in [9.17, 15) is 4.79 Å². The second-order valence-electron chi connectivity index (χ2n) is 1.30. The minimum absolute atomic E-state index is 0.0463. The van der Waals surface area contributed by atoms with Crippen LogP contribution in [0.1, 0.15) is 0 Å². The lowest BCUT2D eigenvalue weighted by atomic mass is 10.4. The monoisotopic (exact) mass is 112 g/mol. The summed E-state index contributed by atoms with van der Waals surface area (Å²) in [5.41, 5.74) is 0.0463. The first-order chi connectivity index (χ1) is 3.80. The van der Waals surface area contributed by atoms with Crippen LogP contribution >= 0.6 is 0 Å². The van der Waals surface area contributed by atoms with Gasteiger partial charge in [-0.15, -0.1) is 0 Å². The first-order valence-electron chi connectivity index (χ1n) is 2.08. The van der Waals surface area contributed by atoms with Crippen LogP contribution in [0.2, 0.25) is 0 Å². The van der Waals surface area contributed by atoms with Gasteiger partial charge >= 0.3 is 5.97 Å². The van der Waals surface area contributed by atoms with Gasteiger partial charge in [-0.2, -0.15) is 0 Å². The van der Waals surface area contributed by atoms with Crippen LogP contribution in [-0.2, 0) is 4.79 Å². The molecule has 1 aliphatic rings. The van der Waals surface area contributed by atoms with Gasteiger partial charge in [-0.05, 0) is 0 Å². The molecule has 0 amide bonds. The fourth-order valence-corrected chi connectivity index (χ4v) is 0.408. The van der Waals surface area contributed by atoms with Crippen LogP contribution < -0.4 is 0 Å². The van der Waals surface area contributed by atoms with Gasteiger partial charge in [-0.25, -0.2) is 4.79 Å². The quantitative estimate of drug-likeness (QED) is 0.499. The summed E-state index contributed by atoms with van der Waals surface area (Å²) in [7, 11) is 0. The molecule has 1 N–H and O–H groups in total. The summed E-state index contributed by atoms with van der Waals surface area (Å²) in [4.78, 5) is 17.1. The zero-order valence-corrected chi connectivity index (χ0v) is 4.03. The van der Waals surface area contributed by atoms with Crippen molar-refractivity contribution < 1.29 is 9.90 Å². The Hall–Kier alpha value is -1.19. The number of aliphatic carboxylic acids is 1. The smallest absolute Gasteiger partial charge is 0.355 e. The zero-order chi connectivity index (χ0) is 5.98. The Morgan fingerprint density at radius 3 is 2.88 bits per heavy atom. The van der Waals surface area contributed by atoms with E-state index in [0.29, 0.717) is 0 Å². The van der Waals surface area contributed by atoms with Gasteiger partial charge in [0, 0.05) is 0 Å². The number of carboxylic acids is 1. The van der Waals surface area contributed by atoms with E-state index < -0.39 is 5.97 Å². The van der Waals surface area contributed by atoms with Crippen LogP contribution in [0.25, 0.3) is 0 Å². The van der Waals surface area contributed by atoms with Crippen LogP contribution in [-0.4, -0.2) is 29.7 Å². The molecule has 0 radical (unpaired) electrons. The van der Waals surface area contributed by atoms with E-state index in [-0.39, 0.29) is 12.4 Å². The standard InChI is InChI=1S/C4H4N2O2/c7-4(8)3-1-5-2-6-3/h1H,2H2,(H,7,8). The summed E-state index contributed by atoms with van der Waals surface area (Å²) in [6.45, 7) is 0.266. The van der Waals surface area contributed by atoms with Crippen LogP contribution in [0.3, 0.4) is 0 Å². The highest BCUT2D eigenvalue weighted by Crippen LogP contribution is 1.85. The van der Waals surface area contributed by atoms with Crippen molar-refractivity contribution in [1.29, 1.82) is 0 Å². The summed E-state index contributed by atoms with van der Waals surface area (Å²) in [5.74, 6) is -1.01. The van der Waals surface area contributed by atoms with Crippen LogP contribution in [0.5, 0.6) is 0 Å². The fourth-order valence-electron chi connectivity index (χ4n) is 0.408. The molecule has 8 heavy (non-hydrogen) atoms. The van der Waals surface area contributed by atoms with E-state index in [1.165, 1.54) is 6.21 Å². The van der Waals surface area contributed by atoms with Crippen molar-refractivity contribution in [2.45, 2.75) is 0 Å². The lowest BCUT2D eigenvalue weighted by molar-refractivity contribution is -0.129. The molecule has 1 heterocycles. The van der Waals surface area contributed by atoms with Crippen LogP contribution in [0.4, 0.5) is 0 Å². The molecule has 0 atom stereocenters. The molecule has 42 valence electrons. The molecule has 4 heteroatoms. The highest BCUT2D eigenvalue weighted by atomic mass is 16.4. The minimum Gasteiger partial charge on any atom is -0.476 e. The number of rotatable bonds is 1. The van der Waals surface area contributed by atoms with Gasteiger partial charge in [0.1, 0.15) is 6.67 Å². The molecule has 0 spiro atoms. The molecule has 1 rings (SSSR count). The van der Waals surface area contributed by atoms with Crippen molar-refractivity contribution in [3.8, 4) is 0 Å². The number of nitrogens with zero attached hydrogens (tertiary/aromatic N) is 2. The first-order valence-corrected chi connectivity index (χ1v) is 2.08. The van der Waals surface area contributed by atoms with E-state index in [4.69, 9.17) is 5.11 Å². The molecule has 1 aliphatic heterocycles. The summed E-state index contributed by atoms with van der Waals surface area (Å²) in [6, 6.07) is 0. The van der Waals surface area contributed by atoms with E-state index >= 15 is 0 Å². The van der Waals surface area contributed by atoms with E-state index in [1.807, 2.05) is 0 Å². The molecular formula is C4H4N2O2. The molecule has 0 aromatic heterocycles. The summed E-state index contributed by atoms with van der Waals surface area (Å²) < 4.78 is 0. The summed E-state index contributed by atoms with van der Waals surface area (Å²) in [6.07, 6.45) is 1.25. The van der Waals surface area contributed by atoms with Gasteiger partial charge in [0.15, 0.2) is 5.71 Å². The molecule has 0 fully saturated rings. The Bertz CT molecular complexity index is 171. The van der Waals surface area contributed by atoms with Crippen molar-refractivity contribution in [1.82, 2.24) is 0 Å². The number of hydrogen-bond acceptors (Lipinski definition) is 3. The molecular weight excluding hydrogens is 108 g/mol. The van der Waals surface area contributed by atoms with Gasteiger partial charge in [0.05, 0.1) is 6.21 Å². The third-order valence-corrected chi connectivity index (χ3v) is 0.755. The highest BCUT2D eigenvalue weighted by molar-refractivity contribution is 6.59. The average Bonchev–Trinajstić information content (AvgIpc) is 2.12. The minimum atomic E-state index is -1.01. The van der Waals surface area contributed by atoms with Gasteiger partial charge in [0.2, 0.25) is 0 Å². The number of hydrogen-bond donors (Lipinski definition) is 1. The Labute approximate surface area is 45.6 Å². The van der Waals surface area contributed by atoms with E-state index in [2.05, 4.69) is 9.98 Å². The van der Waals surface area contributed by atoms with E-state index in [0.717, 1.165) is 0 Å². The third-order valence-electron chi connectivity index (χ3n) is 0.755. The van der Waals surface area contributed by atoms with Gasteiger partial charge < -0.3 is 5.11 Å².